The van der Waals surface area contributed by atoms with Gasteiger partial charge < -0.3 is 11.1 Å². The van der Waals surface area contributed by atoms with E-state index in [1.165, 1.54) is 32.3 Å². The predicted octanol–water partition coefficient (Wildman–Crippen LogP) is 3.04. The monoisotopic (exact) mass is 338 g/mol. The molecule has 2 aromatic rings. The number of carbonyl (C=O) groups is 1. The van der Waals surface area contributed by atoms with Crippen molar-refractivity contribution in [2.75, 3.05) is 5.73 Å². The summed E-state index contributed by atoms with van der Waals surface area (Å²) in [5.74, 6) is -1.25. The summed E-state index contributed by atoms with van der Waals surface area (Å²) in [5.41, 5.74) is 6.95. The van der Waals surface area contributed by atoms with Gasteiger partial charge in [0.25, 0.3) is 5.91 Å². The van der Waals surface area contributed by atoms with Gasteiger partial charge in [-0.15, -0.1) is 0 Å². The molecule has 0 aliphatic heterocycles. The topological polar surface area (TPSA) is 80.9 Å². The van der Waals surface area contributed by atoms with E-state index in [2.05, 4.69) is 9.97 Å². The van der Waals surface area contributed by atoms with E-state index in [-0.39, 0.29) is 5.56 Å². The molecular weight excluding hydrogens is 321 g/mol. The number of amides is 1. The Balaban J connectivity index is 2.17. The van der Waals surface area contributed by atoms with Crippen LogP contribution in [0.2, 0.25) is 0 Å². The van der Waals surface area contributed by atoms with E-state index < -0.39 is 24.0 Å². The fourth-order valence-corrected chi connectivity index (χ4v) is 2.17. The number of aromatic nitrogens is 2. The van der Waals surface area contributed by atoms with E-state index in [0.717, 1.165) is 0 Å². The Hall–Kier alpha value is -2.64. The number of nitrogens with two attached hydrogens (primary N) is 1. The zero-order valence-electron chi connectivity index (χ0n) is 13.1. The highest BCUT2D eigenvalue weighted by Crippen LogP contribution is 2.26. The number of nitrogens with one attached hydrogen (secondary N) is 1. The van der Waals surface area contributed by atoms with Crippen LogP contribution < -0.4 is 11.1 Å². The summed E-state index contributed by atoms with van der Waals surface area (Å²) >= 11 is 0. The van der Waals surface area contributed by atoms with Crippen molar-refractivity contribution in [3.05, 3.63) is 42.2 Å². The third kappa shape index (κ3) is 4.21. The van der Waals surface area contributed by atoms with Crippen LogP contribution in [-0.4, -0.2) is 28.1 Å². The first-order chi connectivity index (χ1) is 11.2. The molecule has 2 rings (SSSR count). The molecule has 0 saturated heterocycles. The van der Waals surface area contributed by atoms with Crippen LogP contribution in [0.15, 0.2) is 36.7 Å². The number of alkyl halides is 3. The molecule has 0 unspecified atom stereocenters. The molecule has 3 N–H and O–H groups in total. The van der Waals surface area contributed by atoms with E-state index in [4.69, 9.17) is 5.73 Å². The second kappa shape index (κ2) is 6.86. The maximum Gasteiger partial charge on any atom is 0.408 e. The lowest BCUT2D eigenvalue weighted by Crippen LogP contribution is -2.48. The van der Waals surface area contributed by atoms with Gasteiger partial charge in [-0.3, -0.25) is 4.79 Å². The van der Waals surface area contributed by atoms with Crippen LogP contribution in [0.4, 0.5) is 19.0 Å². The summed E-state index contributed by atoms with van der Waals surface area (Å²) in [7, 11) is 0. The molecule has 0 bridgehead atoms. The fourth-order valence-electron chi connectivity index (χ4n) is 2.17. The number of anilines is 1. The Kier molecular flexibility index (Phi) is 5.06. The largest absolute Gasteiger partial charge is 0.408 e. The van der Waals surface area contributed by atoms with Crippen molar-refractivity contribution in [2.45, 2.75) is 26.1 Å². The smallest absolute Gasteiger partial charge is 0.384 e. The summed E-state index contributed by atoms with van der Waals surface area (Å²) < 4.78 is 38.8. The Morgan fingerprint density at radius 2 is 1.79 bits per heavy atom. The Morgan fingerprint density at radius 1 is 1.17 bits per heavy atom. The third-order valence-corrected chi connectivity index (χ3v) is 3.44. The normalized spacial score (nSPS) is 12.9. The minimum atomic E-state index is -4.50. The van der Waals surface area contributed by atoms with Crippen LogP contribution in [0.3, 0.4) is 0 Å². The van der Waals surface area contributed by atoms with Gasteiger partial charge in [0.05, 0.1) is 5.69 Å². The lowest BCUT2D eigenvalue weighted by atomic mass is 10.0. The number of nitrogen functional groups attached to an aromatic ring is 1. The minimum Gasteiger partial charge on any atom is -0.384 e. The second-order valence-electron chi connectivity index (χ2n) is 5.64. The highest BCUT2D eigenvalue weighted by molar-refractivity contribution is 5.94. The Morgan fingerprint density at radius 3 is 2.29 bits per heavy atom. The van der Waals surface area contributed by atoms with Gasteiger partial charge in [0.1, 0.15) is 18.2 Å². The lowest BCUT2D eigenvalue weighted by Gasteiger charge is -2.24. The van der Waals surface area contributed by atoms with Crippen LogP contribution in [0, 0.1) is 5.92 Å². The van der Waals surface area contributed by atoms with Gasteiger partial charge in [-0.05, 0) is 18.1 Å². The number of hydrogen-bond donors (Lipinski definition) is 2. The second-order valence-corrected chi connectivity index (χ2v) is 5.64. The number of rotatable bonds is 4. The van der Waals surface area contributed by atoms with E-state index >= 15 is 0 Å². The molecule has 1 atom stereocenters. The molecule has 0 saturated carbocycles. The SMILES string of the molecule is CC(C)[C@@H](NC(=O)c1ccc(-c2cc(N)ncn2)cc1)C(F)(F)F. The summed E-state index contributed by atoms with van der Waals surface area (Å²) in [6, 6.07) is 5.73. The molecule has 0 spiro atoms. The maximum atomic E-state index is 12.9. The predicted molar refractivity (Wildman–Crippen MR) is 84.0 cm³/mol. The molecule has 0 fully saturated rings. The number of hydrogen-bond acceptors (Lipinski definition) is 4. The summed E-state index contributed by atoms with van der Waals surface area (Å²) in [4.78, 5) is 19.9. The zero-order chi connectivity index (χ0) is 17.9. The van der Waals surface area contributed by atoms with Gasteiger partial charge in [0.15, 0.2) is 0 Å². The first-order valence-corrected chi connectivity index (χ1v) is 7.24. The highest BCUT2D eigenvalue weighted by atomic mass is 19.4. The molecule has 1 aromatic heterocycles. The molecule has 1 amide bonds. The average Bonchev–Trinajstić information content (AvgIpc) is 2.51. The number of carbonyl (C=O) groups excluding carboxylic acids is 1. The van der Waals surface area contributed by atoms with E-state index in [1.807, 2.05) is 5.32 Å². The molecule has 0 radical (unpaired) electrons. The molecule has 24 heavy (non-hydrogen) atoms. The highest BCUT2D eigenvalue weighted by Gasteiger charge is 2.42. The van der Waals surface area contributed by atoms with Crippen molar-refractivity contribution in [3.8, 4) is 11.3 Å². The Labute approximate surface area is 137 Å². The molecule has 128 valence electrons. The van der Waals surface area contributed by atoms with Crippen molar-refractivity contribution >= 4 is 11.7 Å². The van der Waals surface area contributed by atoms with Crippen molar-refractivity contribution in [1.29, 1.82) is 0 Å². The van der Waals surface area contributed by atoms with Gasteiger partial charge >= 0.3 is 6.18 Å². The van der Waals surface area contributed by atoms with E-state index in [0.29, 0.717) is 17.1 Å². The number of benzene rings is 1. The summed E-state index contributed by atoms with van der Waals surface area (Å²) in [5, 5.41) is 2.03. The zero-order valence-corrected chi connectivity index (χ0v) is 13.1. The average molecular weight is 338 g/mol. The summed E-state index contributed by atoms with van der Waals surface area (Å²) in [6.07, 6.45) is -3.19. The third-order valence-electron chi connectivity index (χ3n) is 3.44. The maximum absolute atomic E-state index is 12.9. The van der Waals surface area contributed by atoms with Crippen molar-refractivity contribution < 1.29 is 18.0 Å². The number of halogens is 3. The fraction of sp³-hybridized carbons (Fsp3) is 0.312. The van der Waals surface area contributed by atoms with Gasteiger partial charge in [0.2, 0.25) is 0 Å². The van der Waals surface area contributed by atoms with E-state index in [9.17, 15) is 18.0 Å². The first-order valence-electron chi connectivity index (χ1n) is 7.24. The number of nitrogens with zero attached hydrogens (tertiary/aromatic N) is 2. The van der Waals surface area contributed by atoms with Gasteiger partial charge in [-0.1, -0.05) is 26.0 Å². The van der Waals surface area contributed by atoms with Crippen LogP contribution in [-0.2, 0) is 0 Å². The quantitative estimate of drug-likeness (QED) is 0.898. The van der Waals surface area contributed by atoms with Gasteiger partial charge in [0, 0.05) is 17.2 Å². The molecule has 0 aliphatic rings. The first kappa shape index (κ1) is 17.7. The molecule has 5 nitrogen and oxygen atoms in total. The molecule has 0 aliphatic carbocycles. The van der Waals surface area contributed by atoms with Crippen molar-refractivity contribution in [1.82, 2.24) is 15.3 Å². The van der Waals surface area contributed by atoms with Crippen LogP contribution in [0.1, 0.15) is 24.2 Å². The molecule has 8 heteroatoms. The van der Waals surface area contributed by atoms with Crippen LogP contribution >= 0.6 is 0 Å². The van der Waals surface area contributed by atoms with Gasteiger partial charge in [-0.2, -0.15) is 13.2 Å². The molecule has 1 heterocycles. The van der Waals surface area contributed by atoms with Crippen LogP contribution in [0.25, 0.3) is 11.3 Å². The molecular formula is C16H17F3N4O. The summed E-state index contributed by atoms with van der Waals surface area (Å²) in [6.45, 7) is 2.81. The lowest BCUT2D eigenvalue weighted by molar-refractivity contribution is -0.162. The van der Waals surface area contributed by atoms with E-state index in [1.54, 1.807) is 18.2 Å². The van der Waals surface area contributed by atoms with Crippen molar-refractivity contribution in [3.63, 3.8) is 0 Å². The minimum absolute atomic E-state index is 0.135. The van der Waals surface area contributed by atoms with Crippen molar-refractivity contribution in [2.24, 2.45) is 5.92 Å². The Bertz CT molecular complexity index is 714. The van der Waals surface area contributed by atoms with Gasteiger partial charge in [-0.25, -0.2) is 9.97 Å². The standard InChI is InChI=1S/C16H17F3N4O/c1-9(2)14(16(17,18)19)23-15(24)11-5-3-10(4-6-11)12-7-13(20)22-8-21-12/h3-9,14H,1-2H3,(H,23,24)(H2,20,21,22)/t14-/m1/s1. The molecule has 1 aromatic carbocycles. The van der Waals surface area contributed by atoms with Crippen LogP contribution in [0.5, 0.6) is 0 Å².